The van der Waals surface area contributed by atoms with E-state index in [1.165, 1.54) is 11.1 Å². The van der Waals surface area contributed by atoms with Crippen LogP contribution in [0.3, 0.4) is 0 Å². The molecule has 2 aromatic carbocycles. The summed E-state index contributed by atoms with van der Waals surface area (Å²) < 4.78 is 10.9. The number of benzene rings is 2. The zero-order valence-corrected chi connectivity index (χ0v) is 15.8. The molecule has 2 aliphatic rings. The first-order chi connectivity index (χ1) is 13.2. The Kier molecular flexibility index (Phi) is 3.72. The maximum Gasteiger partial charge on any atom is 0.235 e. The highest BCUT2D eigenvalue weighted by Crippen LogP contribution is 2.51. The number of ether oxygens (including phenoxy) is 2. The first-order valence-electron chi connectivity index (χ1n) is 9.00. The van der Waals surface area contributed by atoms with Gasteiger partial charge in [-0.15, -0.1) is 0 Å². The number of amides is 1. The van der Waals surface area contributed by atoms with Crippen molar-refractivity contribution in [3.8, 4) is 22.6 Å². The summed E-state index contributed by atoms with van der Waals surface area (Å²) in [6.07, 6.45) is 1.70. The van der Waals surface area contributed by atoms with Gasteiger partial charge in [-0.2, -0.15) is 11.3 Å². The largest absolute Gasteiger partial charge is 0.454 e. The molecule has 1 aliphatic heterocycles. The van der Waals surface area contributed by atoms with Crippen molar-refractivity contribution in [2.45, 2.75) is 25.2 Å². The van der Waals surface area contributed by atoms with Crippen LogP contribution in [0.25, 0.3) is 11.1 Å². The van der Waals surface area contributed by atoms with Crippen molar-refractivity contribution in [2.24, 2.45) is 0 Å². The molecule has 1 aromatic heterocycles. The lowest BCUT2D eigenvalue weighted by Crippen LogP contribution is -2.27. The molecule has 136 valence electrons. The van der Waals surface area contributed by atoms with E-state index in [0.717, 1.165) is 41.2 Å². The number of thiophene rings is 1. The molecule has 0 unspecified atom stereocenters. The van der Waals surface area contributed by atoms with Gasteiger partial charge in [0.2, 0.25) is 12.7 Å². The molecule has 0 bridgehead atoms. The van der Waals surface area contributed by atoms with Crippen molar-refractivity contribution < 1.29 is 14.3 Å². The summed E-state index contributed by atoms with van der Waals surface area (Å²) in [7, 11) is 0. The average molecular weight is 377 g/mol. The summed E-state index contributed by atoms with van der Waals surface area (Å²) in [6, 6.07) is 14.0. The van der Waals surface area contributed by atoms with Crippen LogP contribution in [-0.4, -0.2) is 12.7 Å². The quantitative estimate of drug-likeness (QED) is 0.686. The lowest BCUT2D eigenvalue weighted by atomic mass is 9.94. The second kappa shape index (κ2) is 6.13. The Hall–Kier alpha value is -2.79. The molecule has 4 nitrogen and oxygen atoms in total. The van der Waals surface area contributed by atoms with Gasteiger partial charge in [-0.3, -0.25) is 4.79 Å². The van der Waals surface area contributed by atoms with E-state index in [-0.39, 0.29) is 12.7 Å². The van der Waals surface area contributed by atoms with Gasteiger partial charge in [0.1, 0.15) is 0 Å². The molecular formula is C22H19NO3S. The summed E-state index contributed by atoms with van der Waals surface area (Å²) in [5.74, 6) is 1.51. The number of aryl methyl sites for hydroxylation is 1. The monoisotopic (exact) mass is 377 g/mol. The minimum Gasteiger partial charge on any atom is -0.454 e. The standard InChI is InChI=1S/C22H19NO3S/c1-14-2-4-17(11-18(14)15-6-9-27-12-15)23-21(24)22(7-8-22)16-3-5-19-20(10-16)26-13-25-19/h2-6,9-12H,7-8,13H2,1H3,(H,23,24). The van der Waals surface area contributed by atoms with E-state index in [4.69, 9.17) is 9.47 Å². The topological polar surface area (TPSA) is 47.6 Å². The molecule has 1 saturated carbocycles. The fraction of sp³-hybridized carbons (Fsp3) is 0.227. The molecule has 3 aromatic rings. The van der Waals surface area contributed by atoms with E-state index in [1.54, 1.807) is 11.3 Å². The van der Waals surface area contributed by atoms with Crippen molar-refractivity contribution >= 4 is 22.9 Å². The third-order valence-electron chi connectivity index (χ3n) is 5.44. The molecule has 2 heterocycles. The SMILES string of the molecule is Cc1ccc(NC(=O)C2(c3ccc4c(c3)OCO4)CC2)cc1-c1ccsc1. The van der Waals surface area contributed by atoms with Gasteiger partial charge in [0, 0.05) is 5.69 Å². The molecule has 1 aliphatic carbocycles. The summed E-state index contributed by atoms with van der Waals surface area (Å²) in [5.41, 5.74) is 4.90. The van der Waals surface area contributed by atoms with Crippen molar-refractivity contribution in [2.75, 3.05) is 12.1 Å². The van der Waals surface area contributed by atoms with Crippen molar-refractivity contribution in [1.29, 1.82) is 0 Å². The molecule has 1 amide bonds. The lowest BCUT2D eigenvalue weighted by Gasteiger charge is -2.17. The smallest absolute Gasteiger partial charge is 0.235 e. The van der Waals surface area contributed by atoms with Crippen LogP contribution < -0.4 is 14.8 Å². The highest BCUT2D eigenvalue weighted by molar-refractivity contribution is 7.08. The number of anilines is 1. The van der Waals surface area contributed by atoms with Gasteiger partial charge >= 0.3 is 0 Å². The Morgan fingerprint density at radius 1 is 1.07 bits per heavy atom. The van der Waals surface area contributed by atoms with E-state index in [1.807, 2.05) is 24.3 Å². The normalized spacial score (nSPS) is 16.2. The van der Waals surface area contributed by atoms with Gasteiger partial charge in [-0.05, 0) is 83.1 Å². The maximum atomic E-state index is 13.1. The molecule has 5 rings (SSSR count). The molecule has 0 saturated heterocycles. The first kappa shape index (κ1) is 16.4. The molecule has 27 heavy (non-hydrogen) atoms. The van der Waals surface area contributed by atoms with Crippen LogP contribution >= 0.6 is 11.3 Å². The van der Waals surface area contributed by atoms with Crippen LogP contribution in [0.15, 0.2) is 53.2 Å². The Labute approximate surface area is 161 Å². The number of nitrogens with one attached hydrogen (secondary N) is 1. The highest BCUT2D eigenvalue weighted by Gasteiger charge is 2.51. The number of carbonyl (C=O) groups excluding carboxylic acids is 1. The molecular weight excluding hydrogens is 358 g/mol. The first-order valence-corrected chi connectivity index (χ1v) is 9.95. The Balaban J connectivity index is 1.41. The number of fused-ring (bicyclic) bond motifs is 1. The zero-order chi connectivity index (χ0) is 18.4. The van der Waals surface area contributed by atoms with Gasteiger partial charge in [-0.25, -0.2) is 0 Å². The van der Waals surface area contributed by atoms with Crippen LogP contribution in [0, 0.1) is 6.92 Å². The van der Waals surface area contributed by atoms with Crippen molar-refractivity contribution in [1.82, 2.24) is 0 Å². The molecule has 1 fully saturated rings. The van der Waals surface area contributed by atoms with E-state index in [0.29, 0.717) is 0 Å². The minimum atomic E-state index is -0.464. The number of rotatable bonds is 4. The zero-order valence-electron chi connectivity index (χ0n) is 15.0. The van der Waals surface area contributed by atoms with Crippen LogP contribution in [-0.2, 0) is 10.2 Å². The third-order valence-corrected chi connectivity index (χ3v) is 6.12. The Morgan fingerprint density at radius 2 is 1.93 bits per heavy atom. The second-order valence-corrected chi connectivity index (χ2v) is 7.93. The summed E-state index contributed by atoms with van der Waals surface area (Å²) >= 11 is 1.67. The molecule has 0 atom stereocenters. The number of hydrogen-bond donors (Lipinski definition) is 1. The molecule has 5 heteroatoms. The molecule has 0 radical (unpaired) electrons. The second-order valence-electron chi connectivity index (χ2n) is 7.15. The molecule has 1 N–H and O–H groups in total. The van der Waals surface area contributed by atoms with Crippen LogP contribution in [0.2, 0.25) is 0 Å². The van der Waals surface area contributed by atoms with Crippen LogP contribution in [0.4, 0.5) is 5.69 Å². The third kappa shape index (κ3) is 2.79. The summed E-state index contributed by atoms with van der Waals surface area (Å²) in [5, 5.41) is 7.33. The van der Waals surface area contributed by atoms with Crippen molar-refractivity contribution in [3.05, 3.63) is 64.4 Å². The molecule has 0 spiro atoms. The van der Waals surface area contributed by atoms with Crippen LogP contribution in [0.5, 0.6) is 11.5 Å². The van der Waals surface area contributed by atoms with Crippen molar-refractivity contribution in [3.63, 3.8) is 0 Å². The number of carbonyl (C=O) groups is 1. The summed E-state index contributed by atoms with van der Waals surface area (Å²) in [4.78, 5) is 13.1. The van der Waals surface area contributed by atoms with Gasteiger partial charge < -0.3 is 14.8 Å². The van der Waals surface area contributed by atoms with Gasteiger partial charge in [0.05, 0.1) is 5.41 Å². The van der Waals surface area contributed by atoms with Gasteiger partial charge in [0.25, 0.3) is 0 Å². The average Bonchev–Trinajstić information content (AvgIpc) is 3.09. The number of hydrogen-bond acceptors (Lipinski definition) is 4. The summed E-state index contributed by atoms with van der Waals surface area (Å²) in [6.45, 7) is 2.33. The van der Waals surface area contributed by atoms with E-state index < -0.39 is 5.41 Å². The Bertz CT molecular complexity index is 1020. The van der Waals surface area contributed by atoms with E-state index >= 15 is 0 Å². The highest BCUT2D eigenvalue weighted by atomic mass is 32.1. The fourth-order valence-electron chi connectivity index (χ4n) is 3.65. The minimum absolute atomic E-state index is 0.0430. The van der Waals surface area contributed by atoms with Crippen LogP contribution in [0.1, 0.15) is 24.0 Å². The van der Waals surface area contributed by atoms with Gasteiger partial charge in [-0.1, -0.05) is 12.1 Å². The van der Waals surface area contributed by atoms with Gasteiger partial charge in [0.15, 0.2) is 11.5 Å². The predicted octanol–water partition coefficient (Wildman–Crippen LogP) is 5.12. The van der Waals surface area contributed by atoms with E-state index in [2.05, 4.69) is 41.2 Å². The Morgan fingerprint density at radius 3 is 2.70 bits per heavy atom. The maximum absolute atomic E-state index is 13.1. The van der Waals surface area contributed by atoms with E-state index in [9.17, 15) is 4.79 Å². The predicted molar refractivity (Wildman–Crippen MR) is 107 cm³/mol. The fourth-order valence-corrected chi connectivity index (χ4v) is 4.30. The lowest BCUT2D eigenvalue weighted by molar-refractivity contribution is -0.118.